The number of aromatic nitrogens is 2. The first kappa shape index (κ1) is 14.8. The number of hydrogen-bond donors (Lipinski definition) is 0. The van der Waals surface area contributed by atoms with Crippen LogP contribution in [0.25, 0.3) is 27.2 Å². The molecule has 3 aromatic rings. The van der Waals surface area contributed by atoms with Crippen molar-refractivity contribution in [2.24, 2.45) is 0 Å². The van der Waals surface area contributed by atoms with E-state index in [1.165, 1.54) is 0 Å². The van der Waals surface area contributed by atoms with Gasteiger partial charge in [0.1, 0.15) is 10.4 Å². The first-order valence-electron chi connectivity index (χ1n) is 6.80. The fourth-order valence-corrected chi connectivity index (χ4v) is 2.72. The molecule has 0 aliphatic rings. The van der Waals surface area contributed by atoms with Crippen LogP contribution in [0.1, 0.15) is 0 Å². The normalized spacial score (nSPS) is 9.83. The minimum atomic E-state index is 0.334. The third kappa shape index (κ3) is 2.91. The number of nitriles is 1. The molecule has 0 radical (unpaired) electrons. The Hall–Kier alpha value is -3.15. The van der Waals surface area contributed by atoms with Crippen LogP contribution in [-0.4, -0.2) is 10.2 Å². The van der Waals surface area contributed by atoms with Crippen molar-refractivity contribution in [3.05, 3.63) is 72.1 Å². The van der Waals surface area contributed by atoms with Gasteiger partial charge in [0.05, 0.1) is 12.3 Å². The molecule has 0 saturated heterocycles. The van der Waals surface area contributed by atoms with E-state index in [2.05, 4.69) is 15.0 Å². The second-order valence-corrected chi connectivity index (χ2v) is 5.39. The molecule has 0 bridgehead atoms. The Bertz CT molecular complexity index is 909. The molecule has 108 valence electrons. The van der Waals surface area contributed by atoms with Crippen molar-refractivity contribution in [3.8, 4) is 27.8 Å². The molecule has 3 rings (SSSR count). The smallest absolute Gasteiger partial charge is 0.231 e. The summed E-state index contributed by atoms with van der Waals surface area (Å²) in [6, 6.07) is 19.2. The van der Waals surface area contributed by atoms with Crippen molar-refractivity contribution >= 4 is 17.4 Å². The molecule has 23 heavy (non-hydrogen) atoms. The highest BCUT2D eigenvalue weighted by Crippen LogP contribution is 2.42. The summed E-state index contributed by atoms with van der Waals surface area (Å²) in [5.74, 6) is 0. The number of nitrogens with zero attached hydrogens (tertiary/aromatic N) is 4. The molecule has 0 aliphatic heterocycles. The summed E-state index contributed by atoms with van der Waals surface area (Å²) in [5.41, 5.74) is 3.48. The van der Waals surface area contributed by atoms with E-state index in [4.69, 9.17) is 11.8 Å². The Morgan fingerprint density at radius 2 is 1.52 bits per heavy atom. The van der Waals surface area contributed by atoms with Crippen molar-refractivity contribution < 1.29 is 0 Å². The van der Waals surface area contributed by atoms with Crippen LogP contribution in [0.5, 0.6) is 0 Å². The average Bonchev–Trinajstić information content (AvgIpc) is 2.63. The Labute approximate surface area is 138 Å². The maximum atomic E-state index is 8.93. The van der Waals surface area contributed by atoms with Gasteiger partial charge in [-0.2, -0.15) is 15.5 Å². The fraction of sp³-hybridized carbons (Fsp3) is 0. The summed E-state index contributed by atoms with van der Waals surface area (Å²) in [5, 5.41) is 19.6. The summed E-state index contributed by atoms with van der Waals surface area (Å²) in [6.07, 6.45) is 0. The maximum absolute atomic E-state index is 8.93. The third-order valence-electron chi connectivity index (χ3n) is 3.28. The zero-order chi connectivity index (χ0) is 16.1. The lowest BCUT2D eigenvalue weighted by atomic mass is 9.99. The fourth-order valence-electron chi connectivity index (χ4n) is 2.30. The Balaban J connectivity index is 2.34. The maximum Gasteiger partial charge on any atom is 0.231 e. The van der Waals surface area contributed by atoms with E-state index in [0.717, 1.165) is 22.9 Å². The second kappa shape index (κ2) is 6.74. The van der Waals surface area contributed by atoms with Gasteiger partial charge in [0.15, 0.2) is 0 Å². The molecule has 0 unspecified atom stereocenters. The predicted molar refractivity (Wildman–Crippen MR) is 90.6 cm³/mol. The van der Waals surface area contributed by atoms with Crippen molar-refractivity contribution in [1.82, 2.24) is 10.2 Å². The average molecular weight is 314 g/mol. The van der Waals surface area contributed by atoms with E-state index in [1.807, 2.05) is 66.1 Å². The van der Waals surface area contributed by atoms with Gasteiger partial charge >= 0.3 is 0 Å². The van der Waals surface area contributed by atoms with Gasteiger partial charge in [0, 0.05) is 22.9 Å². The van der Waals surface area contributed by atoms with Gasteiger partial charge in [-0.15, -0.1) is 0 Å². The van der Waals surface area contributed by atoms with Crippen LogP contribution >= 0.6 is 11.8 Å². The minimum absolute atomic E-state index is 0.334. The molecule has 0 saturated carbocycles. The lowest BCUT2D eigenvalue weighted by Crippen LogP contribution is -1.95. The lowest BCUT2D eigenvalue weighted by Gasteiger charge is -2.12. The summed E-state index contributed by atoms with van der Waals surface area (Å²) >= 11 is 0.857. The van der Waals surface area contributed by atoms with Crippen LogP contribution in [0.2, 0.25) is 0 Å². The number of thiocyanates is 1. The molecule has 4 nitrogen and oxygen atoms in total. The van der Waals surface area contributed by atoms with Crippen molar-refractivity contribution in [3.63, 3.8) is 0 Å². The zero-order valence-electron chi connectivity index (χ0n) is 12.0. The Kier molecular flexibility index (Phi) is 4.33. The molecule has 0 atom stereocenters. The van der Waals surface area contributed by atoms with Crippen LogP contribution in [-0.2, 0) is 0 Å². The first-order chi connectivity index (χ1) is 11.3. The molecule has 0 amide bonds. The highest BCUT2D eigenvalue weighted by molar-refractivity contribution is 8.03. The van der Waals surface area contributed by atoms with Crippen molar-refractivity contribution in [1.29, 1.82) is 5.26 Å². The zero-order valence-corrected chi connectivity index (χ0v) is 12.8. The molecular weight excluding hydrogens is 304 g/mol. The van der Waals surface area contributed by atoms with E-state index in [1.54, 1.807) is 0 Å². The second-order valence-electron chi connectivity index (χ2n) is 4.61. The van der Waals surface area contributed by atoms with E-state index in [9.17, 15) is 0 Å². The van der Waals surface area contributed by atoms with Crippen molar-refractivity contribution in [2.45, 2.75) is 5.03 Å². The highest BCUT2D eigenvalue weighted by Gasteiger charge is 2.19. The predicted octanol–water partition coefficient (Wildman–Crippen LogP) is 4.93. The van der Waals surface area contributed by atoms with E-state index in [0.29, 0.717) is 22.0 Å². The van der Waals surface area contributed by atoms with E-state index >= 15 is 0 Å². The number of thioether (sulfide) groups is 1. The standard InChI is InChI=1S/C18H10N4S/c1-20-17-15(13-8-4-2-5-9-13)16(14-10-6-3-7-11-14)21-22-18(17)23-12-19/h2-11H. The van der Waals surface area contributed by atoms with Gasteiger partial charge in [-0.1, -0.05) is 60.7 Å². The molecule has 0 N–H and O–H groups in total. The lowest BCUT2D eigenvalue weighted by molar-refractivity contribution is 0.949. The molecule has 5 heteroatoms. The number of benzene rings is 2. The molecular formula is C18H10N4S. The molecule has 0 fully saturated rings. The molecule has 0 spiro atoms. The Morgan fingerprint density at radius 1 is 0.913 bits per heavy atom. The van der Waals surface area contributed by atoms with Gasteiger partial charge in [0.2, 0.25) is 5.69 Å². The van der Waals surface area contributed by atoms with Crippen LogP contribution in [0.3, 0.4) is 0 Å². The topological polar surface area (TPSA) is 53.9 Å². The van der Waals surface area contributed by atoms with Crippen LogP contribution < -0.4 is 0 Å². The number of hydrogen-bond acceptors (Lipinski definition) is 4. The quantitative estimate of drug-likeness (QED) is 0.390. The van der Waals surface area contributed by atoms with Crippen LogP contribution in [0, 0.1) is 17.2 Å². The Morgan fingerprint density at radius 3 is 2.09 bits per heavy atom. The molecule has 0 aliphatic carbocycles. The molecule has 1 aromatic heterocycles. The monoisotopic (exact) mass is 314 g/mol. The molecule has 1 heterocycles. The van der Waals surface area contributed by atoms with Gasteiger partial charge in [-0.05, 0) is 5.56 Å². The summed E-state index contributed by atoms with van der Waals surface area (Å²) in [4.78, 5) is 3.63. The van der Waals surface area contributed by atoms with Crippen molar-refractivity contribution in [2.75, 3.05) is 0 Å². The van der Waals surface area contributed by atoms with Gasteiger partial charge in [0.25, 0.3) is 0 Å². The summed E-state index contributed by atoms with van der Waals surface area (Å²) in [7, 11) is 0. The highest BCUT2D eigenvalue weighted by atomic mass is 32.2. The van der Waals surface area contributed by atoms with E-state index in [-0.39, 0.29) is 0 Å². The van der Waals surface area contributed by atoms with Crippen LogP contribution in [0.15, 0.2) is 65.7 Å². The van der Waals surface area contributed by atoms with Crippen LogP contribution in [0.4, 0.5) is 5.69 Å². The summed E-state index contributed by atoms with van der Waals surface area (Å²) in [6.45, 7) is 7.55. The van der Waals surface area contributed by atoms with Gasteiger partial charge in [-0.3, -0.25) is 0 Å². The van der Waals surface area contributed by atoms with E-state index < -0.39 is 0 Å². The SMILES string of the molecule is [C-]#[N+]c1c(SC#N)nnc(-c2ccccc2)c1-c1ccccc1. The summed E-state index contributed by atoms with van der Waals surface area (Å²) < 4.78 is 0. The third-order valence-corrected chi connectivity index (χ3v) is 3.84. The molecule has 2 aromatic carbocycles. The minimum Gasteiger partial charge on any atom is -0.234 e. The van der Waals surface area contributed by atoms with Gasteiger partial charge < -0.3 is 0 Å². The number of rotatable bonds is 3. The van der Waals surface area contributed by atoms with Gasteiger partial charge in [-0.25, -0.2) is 4.85 Å². The largest absolute Gasteiger partial charge is 0.234 e. The first-order valence-corrected chi connectivity index (χ1v) is 7.61.